The number of amides is 2. The van der Waals surface area contributed by atoms with Crippen molar-refractivity contribution in [3.8, 4) is 23.1 Å². The topological polar surface area (TPSA) is 118 Å². The van der Waals surface area contributed by atoms with Gasteiger partial charge in [-0.25, -0.2) is 8.42 Å². The van der Waals surface area contributed by atoms with Gasteiger partial charge in [-0.1, -0.05) is 23.7 Å². The number of hydrogen-bond donors (Lipinski definition) is 0. The number of ether oxygens (including phenoxy) is 1. The fourth-order valence-corrected chi connectivity index (χ4v) is 6.46. The van der Waals surface area contributed by atoms with Crippen molar-refractivity contribution < 1.29 is 27.2 Å². The van der Waals surface area contributed by atoms with Gasteiger partial charge >= 0.3 is 0 Å². The molecule has 0 spiro atoms. The summed E-state index contributed by atoms with van der Waals surface area (Å²) < 4.78 is 35.5. The third-order valence-corrected chi connectivity index (χ3v) is 8.51. The third kappa shape index (κ3) is 4.76. The van der Waals surface area contributed by atoms with Gasteiger partial charge in [0.2, 0.25) is 0 Å². The first-order valence-electron chi connectivity index (χ1n) is 11.7. The molecule has 2 aliphatic rings. The fourth-order valence-electron chi connectivity index (χ4n) is 4.64. The first kappa shape index (κ1) is 25.5. The van der Waals surface area contributed by atoms with E-state index in [9.17, 15) is 23.3 Å². The van der Waals surface area contributed by atoms with Crippen LogP contribution in [0.5, 0.6) is 5.75 Å². The van der Waals surface area contributed by atoms with Gasteiger partial charge in [-0.15, -0.1) is 0 Å². The van der Waals surface area contributed by atoms with Crippen molar-refractivity contribution in [2.24, 2.45) is 0 Å². The molecular weight excluding hydrogens is 528 g/mol. The van der Waals surface area contributed by atoms with E-state index in [0.717, 1.165) is 10.5 Å². The maximum atomic E-state index is 13.8. The van der Waals surface area contributed by atoms with Gasteiger partial charge in [0.1, 0.15) is 28.9 Å². The Morgan fingerprint density at radius 3 is 2.32 bits per heavy atom. The average molecular weight is 549 g/mol. The fraction of sp³-hybridized carbons (Fsp3) is 0.179. The Morgan fingerprint density at radius 2 is 1.71 bits per heavy atom. The van der Waals surface area contributed by atoms with E-state index < -0.39 is 27.7 Å². The molecule has 3 aromatic rings. The summed E-state index contributed by atoms with van der Waals surface area (Å²) in [7, 11) is -1.89. The maximum absolute atomic E-state index is 13.8. The molecule has 1 unspecified atom stereocenters. The molecule has 3 heterocycles. The lowest BCUT2D eigenvalue weighted by Gasteiger charge is -2.32. The summed E-state index contributed by atoms with van der Waals surface area (Å²) in [4.78, 5) is 28.2. The van der Waals surface area contributed by atoms with Gasteiger partial charge < -0.3 is 9.15 Å². The predicted molar refractivity (Wildman–Crippen MR) is 142 cm³/mol. The summed E-state index contributed by atoms with van der Waals surface area (Å²) in [5, 5.41) is 10.6. The number of halogens is 1. The molecule has 1 fully saturated rings. The van der Waals surface area contributed by atoms with E-state index in [2.05, 4.69) is 0 Å². The van der Waals surface area contributed by atoms with Gasteiger partial charge in [-0.2, -0.15) is 5.26 Å². The Hall–Kier alpha value is -4.13. The first-order valence-corrected chi connectivity index (χ1v) is 13.9. The summed E-state index contributed by atoms with van der Waals surface area (Å²) in [6.45, 7) is 0. The van der Waals surface area contributed by atoms with Crippen LogP contribution < -0.4 is 4.74 Å². The van der Waals surface area contributed by atoms with Crippen molar-refractivity contribution >= 4 is 44.9 Å². The number of hydrogen-bond acceptors (Lipinski definition) is 7. The van der Waals surface area contributed by atoms with Crippen LogP contribution in [0.3, 0.4) is 0 Å². The molecule has 192 valence electrons. The van der Waals surface area contributed by atoms with E-state index in [1.54, 1.807) is 60.7 Å². The van der Waals surface area contributed by atoms with Crippen molar-refractivity contribution in [2.75, 3.05) is 18.6 Å². The number of methoxy groups -OCH3 is 1. The first-order chi connectivity index (χ1) is 18.2. The largest absolute Gasteiger partial charge is 0.497 e. The number of furan rings is 1. The molecular formula is C28H21ClN2O6S. The number of nitrogens with zero attached hydrogens (tertiary/aromatic N) is 2. The van der Waals surface area contributed by atoms with E-state index in [-0.39, 0.29) is 34.6 Å². The van der Waals surface area contributed by atoms with Crippen LogP contribution in [0.4, 0.5) is 0 Å². The SMILES string of the molecule is COc1ccc(C2=C(C#N)C(=O)N(C3CCS(=O)(=O)C3)C(=O)/C2=C\c2ccc(-c3ccc(Cl)cc3)o2)cc1. The molecule has 5 rings (SSSR count). The minimum absolute atomic E-state index is 0.0487. The van der Waals surface area contributed by atoms with Crippen LogP contribution in [-0.2, 0) is 19.4 Å². The zero-order chi connectivity index (χ0) is 27.0. The minimum atomic E-state index is -3.40. The number of imide groups is 1. The Balaban J connectivity index is 1.65. The van der Waals surface area contributed by atoms with Crippen molar-refractivity contribution in [3.63, 3.8) is 0 Å². The van der Waals surface area contributed by atoms with Crippen LogP contribution in [0.1, 0.15) is 17.7 Å². The summed E-state index contributed by atoms with van der Waals surface area (Å²) in [5.41, 5.74) is 1.17. The standard InChI is InChI=1S/C28H21ClN2O6S/c1-36-21-8-4-18(5-9-21)26-23(14-22-10-11-25(37-22)17-2-6-19(29)7-3-17)27(32)31(28(33)24(26)15-30)20-12-13-38(34,35)16-20/h2-11,14,20H,12-13,16H2,1H3/b23-14-. The highest BCUT2D eigenvalue weighted by Gasteiger charge is 2.45. The van der Waals surface area contributed by atoms with Gasteiger partial charge in [0.25, 0.3) is 11.8 Å². The number of nitriles is 1. The number of sulfone groups is 1. The summed E-state index contributed by atoms with van der Waals surface area (Å²) >= 11 is 5.98. The maximum Gasteiger partial charge on any atom is 0.272 e. The number of carbonyl (C=O) groups excluding carboxylic acids is 2. The molecule has 1 saturated heterocycles. The van der Waals surface area contributed by atoms with Crippen LogP contribution in [0, 0.1) is 11.3 Å². The lowest BCUT2D eigenvalue weighted by Crippen LogP contribution is -2.49. The van der Waals surface area contributed by atoms with E-state index in [0.29, 0.717) is 27.9 Å². The zero-order valence-corrected chi connectivity index (χ0v) is 21.8. The minimum Gasteiger partial charge on any atom is -0.497 e. The molecule has 38 heavy (non-hydrogen) atoms. The lowest BCUT2D eigenvalue weighted by atomic mass is 9.87. The zero-order valence-electron chi connectivity index (χ0n) is 20.2. The molecule has 2 aromatic carbocycles. The van der Waals surface area contributed by atoms with Gasteiger partial charge in [0, 0.05) is 16.2 Å². The van der Waals surface area contributed by atoms with Crippen LogP contribution in [0.25, 0.3) is 23.0 Å². The van der Waals surface area contributed by atoms with Crippen LogP contribution in [-0.4, -0.2) is 49.8 Å². The monoisotopic (exact) mass is 548 g/mol. The Bertz CT molecular complexity index is 1640. The quantitative estimate of drug-likeness (QED) is 0.339. The average Bonchev–Trinajstić information content (AvgIpc) is 3.52. The van der Waals surface area contributed by atoms with Gasteiger partial charge in [0.05, 0.1) is 30.2 Å². The lowest BCUT2D eigenvalue weighted by molar-refractivity contribution is -0.142. The normalized spacial score (nSPS) is 20.2. The Kier molecular flexibility index (Phi) is 6.69. The second-order valence-corrected chi connectivity index (χ2v) is 11.6. The van der Waals surface area contributed by atoms with Gasteiger partial charge in [-0.05, 0) is 66.6 Å². The molecule has 1 aromatic heterocycles. The Labute approximate surface area is 224 Å². The second-order valence-electron chi connectivity index (χ2n) is 8.89. The molecule has 2 aliphatic heterocycles. The van der Waals surface area contributed by atoms with E-state index in [1.165, 1.54) is 13.2 Å². The molecule has 0 aliphatic carbocycles. The molecule has 0 bridgehead atoms. The molecule has 8 nitrogen and oxygen atoms in total. The van der Waals surface area contributed by atoms with E-state index >= 15 is 0 Å². The van der Waals surface area contributed by atoms with E-state index in [1.807, 2.05) is 6.07 Å². The molecule has 0 radical (unpaired) electrons. The third-order valence-electron chi connectivity index (χ3n) is 6.51. The Morgan fingerprint density at radius 1 is 1.03 bits per heavy atom. The summed E-state index contributed by atoms with van der Waals surface area (Å²) in [6, 6.07) is 18.2. The highest BCUT2D eigenvalue weighted by atomic mass is 35.5. The summed E-state index contributed by atoms with van der Waals surface area (Å²) in [6.07, 6.45) is 1.59. The van der Waals surface area contributed by atoms with Crippen LogP contribution >= 0.6 is 11.6 Å². The summed E-state index contributed by atoms with van der Waals surface area (Å²) in [5.74, 6) is -0.570. The molecule has 2 amide bonds. The van der Waals surface area contributed by atoms with Crippen molar-refractivity contribution in [3.05, 3.63) is 88.2 Å². The van der Waals surface area contributed by atoms with Gasteiger partial charge in [-0.3, -0.25) is 14.5 Å². The number of carbonyl (C=O) groups is 2. The highest BCUT2D eigenvalue weighted by Crippen LogP contribution is 2.38. The molecule has 10 heteroatoms. The van der Waals surface area contributed by atoms with Crippen molar-refractivity contribution in [1.29, 1.82) is 5.26 Å². The van der Waals surface area contributed by atoms with Gasteiger partial charge in [0.15, 0.2) is 9.84 Å². The van der Waals surface area contributed by atoms with Crippen molar-refractivity contribution in [1.82, 2.24) is 4.90 Å². The smallest absolute Gasteiger partial charge is 0.272 e. The number of benzene rings is 2. The van der Waals surface area contributed by atoms with Crippen LogP contribution in [0.15, 0.2) is 76.2 Å². The molecule has 0 N–H and O–H groups in total. The van der Waals surface area contributed by atoms with Crippen molar-refractivity contribution in [2.45, 2.75) is 12.5 Å². The predicted octanol–water partition coefficient (Wildman–Crippen LogP) is 4.53. The van der Waals surface area contributed by atoms with Crippen LogP contribution in [0.2, 0.25) is 5.02 Å². The molecule has 1 atom stereocenters. The second kappa shape index (κ2) is 9.97. The molecule has 0 saturated carbocycles. The highest BCUT2D eigenvalue weighted by molar-refractivity contribution is 7.91. The number of rotatable bonds is 5. The van der Waals surface area contributed by atoms with E-state index in [4.69, 9.17) is 20.8 Å².